The molecule has 82 valence electrons. The third-order valence-corrected chi connectivity index (χ3v) is 2.15. The summed E-state index contributed by atoms with van der Waals surface area (Å²) in [5.41, 5.74) is -0.827. The second-order valence-corrected chi connectivity index (χ2v) is 3.30. The Balaban J connectivity index is 2.55. The summed E-state index contributed by atoms with van der Waals surface area (Å²) in [5, 5.41) is 0. The molecule has 0 amide bonds. The summed E-state index contributed by atoms with van der Waals surface area (Å²) in [7, 11) is 0. The summed E-state index contributed by atoms with van der Waals surface area (Å²) >= 11 is 0. The van der Waals surface area contributed by atoms with Crippen LogP contribution in [0.5, 0.6) is 0 Å². The maximum absolute atomic E-state index is 11.2. The Morgan fingerprint density at radius 1 is 1.47 bits per heavy atom. The lowest BCUT2D eigenvalue weighted by Crippen LogP contribution is -2.28. The van der Waals surface area contributed by atoms with Crippen molar-refractivity contribution in [2.75, 3.05) is 0 Å². The molecule has 1 N–H and O–H groups in total. The first-order chi connectivity index (χ1) is 7.13. The molecule has 0 fully saturated rings. The van der Waals surface area contributed by atoms with E-state index in [1.165, 1.54) is 16.8 Å². The third kappa shape index (κ3) is 3.53. The van der Waals surface area contributed by atoms with E-state index in [0.29, 0.717) is 25.8 Å². The SMILES string of the molecule is CCC(=O)CCCn1ccc(=O)[nH]c1=O. The minimum Gasteiger partial charge on any atom is -0.301 e. The minimum absolute atomic E-state index is 0.187. The molecule has 0 aromatic carbocycles. The van der Waals surface area contributed by atoms with E-state index in [2.05, 4.69) is 4.98 Å². The number of carbonyl (C=O) groups excluding carboxylic acids is 1. The van der Waals surface area contributed by atoms with E-state index < -0.39 is 11.2 Å². The molecule has 1 aromatic rings. The van der Waals surface area contributed by atoms with Gasteiger partial charge in [-0.3, -0.25) is 14.6 Å². The van der Waals surface area contributed by atoms with Crippen molar-refractivity contribution in [3.05, 3.63) is 33.1 Å². The lowest BCUT2D eigenvalue weighted by atomic mass is 10.2. The number of aromatic amines is 1. The molecular weight excluding hydrogens is 196 g/mol. The van der Waals surface area contributed by atoms with Gasteiger partial charge in [-0.25, -0.2) is 4.79 Å². The number of aromatic nitrogens is 2. The molecule has 1 aromatic heterocycles. The summed E-state index contributed by atoms with van der Waals surface area (Å²) in [5.74, 6) is 0.187. The standard InChI is InChI=1S/C10H14N2O3/c1-2-8(13)4-3-6-12-7-5-9(14)11-10(12)15/h5,7H,2-4,6H2,1H3,(H,11,14,15). The fraction of sp³-hybridized carbons (Fsp3) is 0.500. The Morgan fingerprint density at radius 2 is 2.20 bits per heavy atom. The summed E-state index contributed by atoms with van der Waals surface area (Å²) in [6, 6.07) is 1.29. The molecule has 5 heteroatoms. The number of ketones is 1. The highest BCUT2D eigenvalue weighted by Gasteiger charge is 2.00. The second kappa shape index (κ2) is 5.29. The fourth-order valence-electron chi connectivity index (χ4n) is 1.24. The van der Waals surface area contributed by atoms with Crippen molar-refractivity contribution in [3.63, 3.8) is 0 Å². The number of H-pyrrole nitrogens is 1. The molecule has 0 aliphatic heterocycles. The molecule has 0 unspecified atom stereocenters. The number of nitrogens with one attached hydrogen (secondary N) is 1. The van der Waals surface area contributed by atoms with Crippen molar-refractivity contribution in [3.8, 4) is 0 Å². The normalized spacial score (nSPS) is 10.2. The summed E-state index contributed by atoms with van der Waals surface area (Å²) in [6.07, 6.45) is 3.07. The zero-order valence-electron chi connectivity index (χ0n) is 8.66. The van der Waals surface area contributed by atoms with Crippen LogP contribution in [0.2, 0.25) is 0 Å². The van der Waals surface area contributed by atoms with E-state index in [-0.39, 0.29) is 5.78 Å². The first-order valence-corrected chi connectivity index (χ1v) is 4.95. The molecule has 15 heavy (non-hydrogen) atoms. The smallest absolute Gasteiger partial charge is 0.301 e. The minimum atomic E-state index is -0.425. The monoisotopic (exact) mass is 210 g/mol. The number of nitrogens with zero attached hydrogens (tertiary/aromatic N) is 1. The van der Waals surface area contributed by atoms with Crippen LogP contribution in [-0.2, 0) is 11.3 Å². The Kier molecular flexibility index (Phi) is 4.03. The van der Waals surface area contributed by atoms with Crippen LogP contribution >= 0.6 is 0 Å². The van der Waals surface area contributed by atoms with Gasteiger partial charge in [-0.15, -0.1) is 0 Å². The fourth-order valence-corrected chi connectivity index (χ4v) is 1.24. The first-order valence-electron chi connectivity index (χ1n) is 4.95. The van der Waals surface area contributed by atoms with Crippen molar-refractivity contribution >= 4 is 5.78 Å². The van der Waals surface area contributed by atoms with Gasteiger partial charge >= 0.3 is 5.69 Å². The highest BCUT2D eigenvalue weighted by atomic mass is 16.2. The van der Waals surface area contributed by atoms with E-state index in [9.17, 15) is 14.4 Å². The van der Waals surface area contributed by atoms with Gasteiger partial charge in [-0.05, 0) is 6.42 Å². The van der Waals surface area contributed by atoms with Gasteiger partial charge in [-0.1, -0.05) is 6.92 Å². The molecule has 5 nitrogen and oxygen atoms in total. The van der Waals surface area contributed by atoms with Crippen molar-refractivity contribution in [1.29, 1.82) is 0 Å². The van der Waals surface area contributed by atoms with Gasteiger partial charge in [0.05, 0.1) is 0 Å². The Bertz CT molecular complexity index is 444. The predicted octanol–water partition coefficient (Wildman–Crippen LogP) is 0.296. The predicted molar refractivity (Wildman–Crippen MR) is 55.9 cm³/mol. The van der Waals surface area contributed by atoms with Crippen LogP contribution in [0.3, 0.4) is 0 Å². The quantitative estimate of drug-likeness (QED) is 0.759. The van der Waals surface area contributed by atoms with E-state index >= 15 is 0 Å². The maximum atomic E-state index is 11.2. The average molecular weight is 210 g/mol. The van der Waals surface area contributed by atoms with Crippen LogP contribution in [0.4, 0.5) is 0 Å². The zero-order chi connectivity index (χ0) is 11.3. The topological polar surface area (TPSA) is 71.9 Å². The molecule has 0 saturated heterocycles. The van der Waals surface area contributed by atoms with Gasteiger partial charge in [0.2, 0.25) is 0 Å². The maximum Gasteiger partial charge on any atom is 0.328 e. The molecule has 0 atom stereocenters. The van der Waals surface area contributed by atoms with Gasteiger partial charge < -0.3 is 4.57 Å². The zero-order valence-corrected chi connectivity index (χ0v) is 8.66. The van der Waals surface area contributed by atoms with E-state index in [4.69, 9.17) is 0 Å². The lowest BCUT2D eigenvalue weighted by molar-refractivity contribution is -0.118. The number of Topliss-reactive ketones (excluding diaryl/α,β-unsaturated/α-hetero) is 1. The van der Waals surface area contributed by atoms with Crippen molar-refractivity contribution < 1.29 is 4.79 Å². The molecular formula is C10H14N2O3. The Hall–Kier alpha value is -1.65. The van der Waals surface area contributed by atoms with Crippen LogP contribution < -0.4 is 11.2 Å². The molecule has 0 radical (unpaired) electrons. The van der Waals surface area contributed by atoms with Crippen molar-refractivity contribution in [2.45, 2.75) is 32.7 Å². The number of hydrogen-bond donors (Lipinski definition) is 1. The van der Waals surface area contributed by atoms with Crippen LogP contribution in [0, 0.1) is 0 Å². The highest BCUT2D eigenvalue weighted by Crippen LogP contribution is 1.96. The molecule has 1 heterocycles. The molecule has 0 saturated carbocycles. The third-order valence-electron chi connectivity index (χ3n) is 2.15. The molecule has 1 rings (SSSR count). The van der Waals surface area contributed by atoms with Crippen LogP contribution in [0.1, 0.15) is 26.2 Å². The summed E-state index contributed by atoms with van der Waals surface area (Å²) in [6.45, 7) is 2.27. The van der Waals surface area contributed by atoms with Gasteiger partial charge in [0.1, 0.15) is 5.78 Å². The largest absolute Gasteiger partial charge is 0.328 e. The number of aryl methyl sites for hydroxylation is 1. The summed E-state index contributed by atoms with van der Waals surface area (Å²) in [4.78, 5) is 35.1. The van der Waals surface area contributed by atoms with Crippen LogP contribution in [0.15, 0.2) is 21.9 Å². The average Bonchev–Trinajstić information content (AvgIpc) is 2.21. The van der Waals surface area contributed by atoms with Crippen molar-refractivity contribution in [2.24, 2.45) is 0 Å². The molecule has 0 aliphatic rings. The Labute approximate surface area is 86.8 Å². The van der Waals surface area contributed by atoms with Crippen LogP contribution in [-0.4, -0.2) is 15.3 Å². The van der Waals surface area contributed by atoms with Gasteiger partial charge in [0.25, 0.3) is 5.56 Å². The first kappa shape index (κ1) is 11.4. The lowest BCUT2D eigenvalue weighted by Gasteiger charge is -2.02. The van der Waals surface area contributed by atoms with E-state index in [1.54, 1.807) is 0 Å². The van der Waals surface area contributed by atoms with E-state index in [0.717, 1.165) is 0 Å². The Morgan fingerprint density at radius 3 is 2.80 bits per heavy atom. The van der Waals surface area contributed by atoms with Gasteiger partial charge in [-0.2, -0.15) is 0 Å². The number of hydrogen-bond acceptors (Lipinski definition) is 3. The highest BCUT2D eigenvalue weighted by molar-refractivity contribution is 5.77. The van der Waals surface area contributed by atoms with Crippen molar-refractivity contribution in [1.82, 2.24) is 9.55 Å². The molecule has 0 aliphatic carbocycles. The van der Waals surface area contributed by atoms with E-state index in [1.807, 2.05) is 6.92 Å². The summed E-state index contributed by atoms with van der Waals surface area (Å²) < 4.78 is 1.39. The molecule has 0 bridgehead atoms. The van der Waals surface area contributed by atoms with Gasteiger partial charge in [0, 0.05) is 31.6 Å². The van der Waals surface area contributed by atoms with Gasteiger partial charge in [0.15, 0.2) is 0 Å². The molecule has 0 spiro atoms. The van der Waals surface area contributed by atoms with Crippen LogP contribution in [0.25, 0.3) is 0 Å². The number of rotatable bonds is 5. The second-order valence-electron chi connectivity index (χ2n) is 3.30. The number of carbonyl (C=O) groups is 1.